The second-order valence-corrected chi connectivity index (χ2v) is 4.60. The zero-order valence-corrected chi connectivity index (χ0v) is 10.3. The number of rotatable bonds is 3. The van der Waals surface area contributed by atoms with Gasteiger partial charge in [0.25, 0.3) is 0 Å². The van der Waals surface area contributed by atoms with Crippen molar-refractivity contribution in [2.24, 2.45) is 0 Å². The lowest BCUT2D eigenvalue weighted by atomic mass is 10.1. The van der Waals surface area contributed by atoms with E-state index < -0.39 is 5.97 Å². The van der Waals surface area contributed by atoms with E-state index in [0.717, 1.165) is 25.1 Å². The first-order valence-electron chi connectivity index (χ1n) is 6.11. The summed E-state index contributed by atoms with van der Waals surface area (Å²) < 4.78 is 0. The molecule has 4 nitrogen and oxygen atoms in total. The number of hydrogen-bond acceptors (Lipinski definition) is 3. The Morgan fingerprint density at radius 2 is 2.35 bits per heavy atom. The third-order valence-electron chi connectivity index (χ3n) is 3.51. The molecule has 1 saturated heterocycles. The zero-order chi connectivity index (χ0) is 12.4. The highest BCUT2D eigenvalue weighted by atomic mass is 16.4. The molecule has 1 fully saturated rings. The molecule has 1 aliphatic rings. The van der Waals surface area contributed by atoms with E-state index in [1.54, 1.807) is 12.3 Å². The number of carboxylic acid groups (broad SMARTS) is 1. The molecule has 0 aliphatic carbocycles. The average molecular weight is 234 g/mol. The Morgan fingerprint density at radius 3 is 3.00 bits per heavy atom. The minimum atomic E-state index is -0.895. The largest absolute Gasteiger partial charge is 0.478 e. The van der Waals surface area contributed by atoms with E-state index in [1.165, 1.54) is 6.07 Å². The van der Waals surface area contributed by atoms with Gasteiger partial charge in [-0.25, -0.2) is 9.78 Å². The number of nitrogens with zero attached hydrogens (tertiary/aromatic N) is 2. The molecule has 17 heavy (non-hydrogen) atoms. The van der Waals surface area contributed by atoms with Gasteiger partial charge >= 0.3 is 5.97 Å². The van der Waals surface area contributed by atoms with Crippen LogP contribution in [0.15, 0.2) is 18.3 Å². The summed E-state index contributed by atoms with van der Waals surface area (Å²) in [4.78, 5) is 17.5. The maximum absolute atomic E-state index is 11.0. The molecule has 1 N–H and O–H groups in total. The lowest BCUT2D eigenvalue weighted by molar-refractivity contribution is 0.0696. The molecule has 2 unspecified atom stereocenters. The molecule has 0 aromatic carbocycles. The summed E-state index contributed by atoms with van der Waals surface area (Å²) >= 11 is 0. The first-order valence-corrected chi connectivity index (χ1v) is 6.11. The summed E-state index contributed by atoms with van der Waals surface area (Å²) in [7, 11) is 0. The van der Waals surface area contributed by atoms with E-state index >= 15 is 0 Å². The van der Waals surface area contributed by atoms with Crippen LogP contribution in [0, 0.1) is 0 Å². The van der Waals surface area contributed by atoms with Crippen LogP contribution in [0.4, 0.5) is 5.82 Å². The van der Waals surface area contributed by atoms with Gasteiger partial charge in [0, 0.05) is 18.3 Å². The fourth-order valence-corrected chi connectivity index (χ4v) is 2.58. The van der Waals surface area contributed by atoms with Crippen LogP contribution in [-0.4, -0.2) is 28.1 Å². The Morgan fingerprint density at radius 1 is 1.59 bits per heavy atom. The van der Waals surface area contributed by atoms with E-state index in [1.807, 2.05) is 0 Å². The smallest absolute Gasteiger partial charge is 0.335 e. The third kappa shape index (κ3) is 2.25. The molecule has 0 amide bonds. The summed E-state index contributed by atoms with van der Waals surface area (Å²) in [6, 6.07) is 4.14. The van der Waals surface area contributed by atoms with Crippen LogP contribution in [0.3, 0.4) is 0 Å². The van der Waals surface area contributed by atoms with E-state index in [0.29, 0.717) is 17.6 Å². The summed E-state index contributed by atoms with van der Waals surface area (Å²) in [6.07, 6.45) is 4.97. The molecule has 1 aromatic heterocycles. The van der Waals surface area contributed by atoms with Gasteiger partial charge in [0.1, 0.15) is 5.82 Å². The fourth-order valence-electron chi connectivity index (χ4n) is 2.58. The predicted octanol–water partition coefficient (Wildman–Crippen LogP) is 2.55. The van der Waals surface area contributed by atoms with Crippen molar-refractivity contribution in [3.63, 3.8) is 0 Å². The van der Waals surface area contributed by atoms with Crippen LogP contribution in [0.5, 0.6) is 0 Å². The van der Waals surface area contributed by atoms with Crippen LogP contribution in [-0.2, 0) is 0 Å². The Labute approximate surface area is 101 Å². The summed E-state index contributed by atoms with van der Waals surface area (Å²) in [5.41, 5.74) is 0.309. The molecular formula is C13H18N2O2. The van der Waals surface area contributed by atoms with Gasteiger partial charge in [-0.3, -0.25) is 0 Å². The van der Waals surface area contributed by atoms with E-state index in [9.17, 15) is 4.79 Å². The Kier molecular flexibility index (Phi) is 3.31. The highest BCUT2D eigenvalue weighted by Gasteiger charge is 2.30. The maximum Gasteiger partial charge on any atom is 0.335 e. The van der Waals surface area contributed by atoms with Crippen molar-refractivity contribution in [3.05, 3.63) is 23.9 Å². The minimum absolute atomic E-state index is 0.309. The lowest BCUT2D eigenvalue weighted by Crippen LogP contribution is -2.34. The number of carboxylic acids is 1. The van der Waals surface area contributed by atoms with Crippen molar-refractivity contribution in [1.29, 1.82) is 0 Å². The van der Waals surface area contributed by atoms with Crippen LogP contribution in [0.2, 0.25) is 0 Å². The number of aromatic nitrogens is 1. The number of hydrogen-bond donors (Lipinski definition) is 1. The highest BCUT2D eigenvalue weighted by Crippen LogP contribution is 2.30. The highest BCUT2D eigenvalue weighted by molar-refractivity contribution is 5.88. The Balaban J connectivity index is 2.32. The Bertz CT molecular complexity index is 420. The summed E-state index contributed by atoms with van der Waals surface area (Å²) in [5, 5.41) is 8.99. The van der Waals surface area contributed by atoms with Gasteiger partial charge in [-0.15, -0.1) is 0 Å². The van der Waals surface area contributed by atoms with Crippen LogP contribution in [0.25, 0.3) is 0 Å². The van der Waals surface area contributed by atoms with E-state index in [2.05, 4.69) is 23.7 Å². The number of anilines is 1. The monoisotopic (exact) mass is 234 g/mol. The molecule has 4 heteroatoms. The molecule has 0 bridgehead atoms. The molecule has 1 aliphatic heterocycles. The van der Waals surface area contributed by atoms with Gasteiger partial charge in [0.05, 0.1) is 5.56 Å². The molecule has 2 heterocycles. The molecule has 1 aromatic rings. The van der Waals surface area contributed by atoms with Gasteiger partial charge in [-0.1, -0.05) is 6.92 Å². The second-order valence-electron chi connectivity index (χ2n) is 4.60. The first-order chi connectivity index (χ1) is 8.13. The van der Waals surface area contributed by atoms with Crippen LogP contribution < -0.4 is 4.90 Å². The van der Waals surface area contributed by atoms with E-state index in [-0.39, 0.29) is 0 Å². The van der Waals surface area contributed by atoms with E-state index in [4.69, 9.17) is 5.11 Å². The lowest BCUT2D eigenvalue weighted by Gasteiger charge is -2.29. The molecule has 0 spiro atoms. The fraction of sp³-hybridized carbons (Fsp3) is 0.538. The summed E-state index contributed by atoms with van der Waals surface area (Å²) in [6.45, 7) is 4.33. The van der Waals surface area contributed by atoms with Crippen molar-refractivity contribution in [1.82, 2.24) is 4.98 Å². The molecular weight excluding hydrogens is 216 g/mol. The molecule has 2 rings (SSSR count). The summed E-state index contributed by atoms with van der Waals surface area (Å²) in [5.74, 6) is -0.102. The standard InChI is InChI=1S/C13H18N2O2/c1-3-11-5-4-9(2)15(11)12-8-10(13(16)17)6-7-14-12/h6-9,11H,3-5H2,1-2H3,(H,16,17). The van der Waals surface area contributed by atoms with Crippen LogP contribution in [0.1, 0.15) is 43.5 Å². The predicted molar refractivity (Wildman–Crippen MR) is 66.5 cm³/mol. The first kappa shape index (κ1) is 11.9. The molecule has 92 valence electrons. The van der Waals surface area contributed by atoms with Crippen molar-refractivity contribution >= 4 is 11.8 Å². The number of aromatic carboxylic acids is 1. The van der Waals surface area contributed by atoms with Gasteiger partial charge < -0.3 is 10.0 Å². The molecule has 0 saturated carbocycles. The topological polar surface area (TPSA) is 53.4 Å². The quantitative estimate of drug-likeness (QED) is 0.873. The number of pyridine rings is 1. The van der Waals surface area contributed by atoms with Crippen molar-refractivity contribution in [3.8, 4) is 0 Å². The van der Waals surface area contributed by atoms with Crippen molar-refractivity contribution in [2.45, 2.75) is 45.2 Å². The number of carbonyl (C=O) groups is 1. The van der Waals surface area contributed by atoms with Crippen molar-refractivity contribution in [2.75, 3.05) is 4.90 Å². The van der Waals surface area contributed by atoms with Gasteiger partial charge in [-0.2, -0.15) is 0 Å². The van der Waals surface area contributed by atoms with Gasteiger partial charge in [0.15, 0.2) is 0 Å². The van der Waals surface area contributed by atoms with Gasteiger partial charge in [0.2, 0.25) is 0 Å². The normalized spacial score (nSPS) is 24.0. The zero-order valence-electron chi connectivity index (χ0n) is 10.3. The average Bonchev–Trinajstić information content (AvgIpc) is 2.70. The van der Waals surface area contributed by atoms with Crippen LogP contribution >= 0.6 is 0 Å². The van der Waals surface area contributed by atoms with Gasteiger partial charge in [-0.05, 0) is 38.3 Å². The third-order valence-corrected chi connectivity index (χ3v) is 3.51. The molecule has 0 radical (unpaired) electrons. The second kappa shape index (κ2) is 4.73. The Hall–Kier alpha value is -1.58. The SMILES string of the molecule is CCC1CCC(C)N1c1cc(C(=O)O)ccn1. The minimum Gasteiger partial charge on any atom is -0.478 e. The maximum atomic E-state index is 11.0. The van der Waals surface area contributed by atoms with Crippen molar-refractivity contribution < 1.29 is 9.90 Å². The molecule has 2 atom stereocenters.